The molecule has 0 saturated heterocycles. The van der Waals surface area contributed by atoms with E-state index in [0.29, 0.717) is 11.0 Å². The van der Waals surface area contributed by atoms with Crippen LogP contribution in [0.1, 0.15) is 22.5 Å². The average molecular weight is 313 g/mol. The summed E-state index contributed by atoms with van der Waals surface area (Å²) in [6.45, 7) is 4.23. The van der Waals surface area contributed by atoms with Crippen LogP contribution in [0.25, 0.3) is 0 Å². The Bertz CT molecular complexity index is 560. The Morgan fingerprint density at radius 1 is 1.33 bits per heavy atom. The number of hydrogen-bond donors (Lipinski definition) is 1. The number of rotatable bonds is 3. The molecule has 0 amide bonds. The van der Waals surface area contributed by atoms with E-state index in [2.05, 4.69) is 21.0 Å². The number of halogens is 2. The minimum absolute atomic E-state index is 0.0233. The van der Waals surface area contributed by atoms with Crippen LogP contribution < -0.4 is 0 Å². The molecule has 0 aliphatic rings. The molecule has 0 atom stereocenters. The van der Waals surface area contributed by atoms with Gasteiger partial charge in [0.15, 0.2) is 0 Å². The molecule has 1 aromatic carbocycles. The van der Waals surface area contributed by atoms with Crippen LogP contribution in [0.4, 0.5) is 4.39 Å². The van der Waals surface area contributed by atoms with Gasteiger partial charge in [0.2, 0.25) is 0 Å². The van der Waals surface area contributed by atoms with E-state index in [9.17, 15) is 9.50 Å². The molecule has 0 aliphatic carbocycles. The van der Waals surface area contributed by atoms with Crippen molar-refractivity contribution in [3.05, 3.63) is 51.0 Å². The summed E-state index contributed by atoms with van der Waals surface area (Å²) in [5.41, 5.74) is 3.39. The first kappa shape index (κ1) is 13.2. The molecule has 5 heteroatoms. The minimum atomic E-state index is -0.275. The number of aromatic nitrogens is 2. The third-order valence-corrected chi connectivity index (χ3v) is 3.40. The van der Waals surface area contributed by atoms with E-state index < -0.39 is 0 Å². The molecule has 0 saturated carbocycles. The SMILES string of the molecule is Cc1nn(Cc2cc(F)cc(Br)c2)c(C)c1CO. The van der Waals surface area contributed by atoms with Crippen LogP contribution in [-0.2, 0) is 13.2 Å². The lowest BCUT2D eigenvalue weighted by Gasteiger charge is -2.06. The third-order valence-electron chi connectivity index (χ3n) is 2.94. The molecule has 1 heterocycles. The van der Waals surface area contributed by atoms with Crippen molar-refractivity contribution in [2.45, 2.75) is 27.0 Å². The second-order valence-electron chi connectivity index (χ2n) is 4.24. The summed E-state index contributed by atoms with van der Waals surface area (Å²) in [7, 11) is 0. The molecule has 0 radical (unpaired) electrons. The fourth-order valence-electron chi connectivity index (χ4n) is 1.99. The van der Waals surface area contributed by atoms with E-state index in [1.54, 1.807) is 4.68 Å². The first-order valence-electron chi connectivity index (χ1n) is 5.60. The largest absolute Gasteiger partial charge is 0.392 e. The molecule has 0 bridgehead atoms. The van der Waals surface area contributed by atoms with E-state index in [1.165, 1.54) is 12.1 Å². The van der Waals surface area contributed by atoms with E-state index in [1.807, 2.05) is 19.9 Å². The average Bonchev–Trinajstić information content (AvgIpc) is 2.52. The number of hydrogen-bond acceptors (Lipinski definition) is 2. The highest BCUT2D eigenvalue weighted by Crippen LogP contribution is 2.18. The fourth-order valence-corrected chi connectivity index (χ4v) is 2.50. The van der Waals surface area contributed by atoms with Crippen molar-refractivity contribution in [3.63, 3.8) is 0 Å². The molecule has 2 aromatic rings. The van der Waals surface area contributed by atoms with Crippen molar-refractivity contribution in [2.24, 2.45) is 0 Å². The van der Waals surface area contributed by atoms with Crippen molar-refractivity contribution in [3.8, 4) is 0 Å². The molecule has 0 fully saturated rings. The molecule has 2 rings (SSSR count). The Balaban J connectivity index is 2.34. The Kier molecular flexibility index (Phi) is 3.82. The molecule has 1 N–H and O–H groups in total. The summed E-state index contributed by atoms with van der Waals surface area (Å²) >= 11 is 3.27. The van der Waals surface area contributed by atoms with Crippen molar-refractivity contribution >= 4 is 15.9 Å². The molecule has 3 nitrogen and oxygen atoms in total. The number of benzene rings is 1. The van der Waals surface area contributed by atoms with Crippen molar-refractivity contribution in [2.75, 3.05) is 0 Å². The van der Waals surface area contributed by atoms with Gasteiger partial charge in [-0.2, -0.15) is 5.10 Å². The van der Waals surface area contributed by atoms with Gasteiger partial charge in [-0.25, -0.2) is 4.39 Å². The smallest absolute Gasteiger partial charge is 0.124 e. The van der Waals surface area contributed by atoms with Gasteiger partial charge in [0.05, 0.1) is 18.8 Å². The van der Waals surface area contributed by atoms with E-state index in [-0.39, 0.29) is 12.4 Å². The maximum absolute atomic E-state index is 13.3. The third kappa shape index (κ3) is 2.62. The zero-order valence-electron chi connectivity index (χ0n) is 10.2. The maximum Gasteiger partial charge on any atom is 0.124 e. The molecule has 0 spiro atoms. The highest BCUT2D eigenvalue weighted by Gasteiger charge is 2.11. The zero-order valence-corrected chi connectivity index (χ0v) is 11.8. The second kappa shape index (κ2) is 5.20. The molecule has 0 aliphatic heterocycles. The van der Waals surface area contributed by atoms with Crippen LogP contribution in [-0.4, -0.2) is 14.9 Å². The van der Waals surface area contributed by atoms with Crippen LogP contribution in [0.3, 0.4) is 0 Å². The predicted molar refractivity (Wildman–Crippen MR) is 70.8 cm³/mol. The van der Waals surface area contributed by atoms with Gasteiger partial charge in [0, 0.05) is 15.7 Å². The highest BCUT2D eigenvalue weighted by atomic mass is 79.9. The molecule has 0 unspecified atom stereocenters. The summed E-state index contributed by atoms with van der Waals surface area (Å²) in [4.78, 5) is 0. The predicted octanol–water partition coefficient (Wildman–Crippen LogP) is 2.94. The second-order valence-corrected chi connectivity index (χ2v) is 5.16. The number of nitrogens with zero attached hydrogens (tertiary/aromatic N) is 2. The lowest BCUT2D eigenvalue weighted by atomic mass is 10.2. The van der Waals surface area contributed by atoms with Gasteiger partial charge in [-0.05, 0) is 37.6 Å². The first-order chi connectivity index (χ1) is 8.51. The van der Waals surface area contributed by atoms with Crippen molar-refractivity contribution < 1.29 is 9.50 Å². The zero-order chi connectivity index (χ0) is 13.3. The molecule has 18 heavy (non-hydrogen) atoms. The Morgan fingerprint density at radius 3 is 2.61 bits per heavy atom. The minimum Gasteiger partial charge on any atom is -0.392 e. The highest BCUT2D eigenvalue weighted by molar-refractivity contribution is 9.10. The lowest BCUT2D eigenvalue weighted by Crippen LogP contribution is -2.04. The summed E-state index contributed by atoms with van der Waals surface area (Å²) in [5, 5.41) is 13.6. The quantitative estimate of drug-likeness (QED) is 0.946. The van der Waals surface area contributed by atoms with Crippen LogP contribution >= 0.6 is 15.9 Å². The van der Waals surface area contributed by atoms with Crippen molar-refractivity contribution in [1.82, 2.24) is 9.78 Å². The first-order valence-corrected chi connectivity index (χ1v) is 6.39. The standard InChI is InChI=1S/C13H14BrFN2O/c1-8-13(7-18)9(2)17(16-8)6-10-3-11(14)5-12(15)4-10/h3-5,18H,6-7H2,1-2H3. The van der Waals surface area contributed by atoms with Gasteiger partial charge in [0.25, 0.3) is 0 Å². The van der Waals surface area contributed by atoms with E-state index >= 15 is 0 Å². The number of aryl methyl sites for hydroxylation is 1. The summed E-state index contributed by atoms with van der Waals surface area (Å²) < 4.78 is 15.8. The molecular weight excluding hydrogens is 299 g/mol. The number of aliphatic hydroxyl groups is 1. The summed E-state index contributed by atoms with van der Waals surface area (Å²) in [6.07, 6.45) is 0. The van der Waals surface area contributed by atoms with Gasteiger partial charge >= 0.3 is 0 Å². The van der Waals surface area contributed by atoms with Crippen LogP contribution in [0.2, 0.25) is 0 Å². The fraction of sp³-hybridized carbons (Fsp3) is 0.308. The summed E-state index contributed by atoms with van der Waals surface area (Å²) in [6, 6.07) is 4.77. The van der Waals surface area contributed by atoms with E-state index in [4.69, 9.17) is 0 Å². The Hall–Kier alpha value is -1.20. The molecular formula is C13H14BrFN2O. The van der Waals surface area contributed by atoms with Crippen molar-refractivity contribution in [1.29, 1.82) is 0 Å². The van der Waals surface area contributed by atoms with Gasteiger partial charge < -0.3 is 5.11 Å². The summed E-state index contributed by atoms with van der Waals surface area (Å²) in [5.74, 6) is -0.275. The normalized spacial score (nSPS) is 10.9. The van der Waals surface area contributed by atoms with Crippen LogP contribution in [0, 0.1) is 19.7 Å². The van der Waals surface area contributed by atoms with Gasteiger partial charge in [-0.15, -0.1) is 0 Å². The van der Waals surface area contributed by atoms with Crippen LogP contribution in [0.15, 0.2) is 22.7 Å². The van der Waals surface area contributed by atoms with Gasteiger partial charge in [-0.3, -0.25) is 4.68 Å². The van der Waals surface area contributed by atoms with Gasteiger partial charge in [-0.1, -0.05) is 15.9 Å². The molecule has 96 valence electrons. The monoisotopic (exact) mass is 312 g/mol. The topological polar surface area (TPSA) is 38.0 Å². The lowest BCUT2D eigenvalue weighted by molar-refractivity contribution is 0.280. The van der Waals surface area contributed by atoms with Gasteiger partial charge in [0.1, 0.15) is 5.82 Å². The Labute approximate surface area is 113 Å². The van der Waals surface area contributed by atoms with E-state index in [0.717, 1.165) is 22.5 Å². The molecule has 1 aromatic heterocycles. The number of aliphatic hydroxyl groups excluding tert-OH is 1. The Morgan fingerprint density at radius 2 is 2.06 bits per heavy atom. The van der Waals surface area contributed by atoms with Crippen LogP contribution in [0.5, 0.6) is 0 Å². The maximum atomic E-state index is 13.3.